The van der Waals surface area contributed by atoms with Gasteiger partial charge in [0.2, 0.25) is 0 Å². The van der Waals surface area contributed by atoms with Gasteiger partial charge in [-0.2, -0.15) is 0 Å². The van der Waals surface area contributed by atoms with Crippen molar-refractivity contribution in [2.24, 2.45) is 5.92 Å². The number of piperidine rings is 1. The molecular formula is C12H19NO3. The van der Waals surface area contributed by atoms with Crippen LogP contribution in [0.25, 0.3) is 0 Å². The summed E-state index contributed by atoms with van der Waals surface area (Å²) < 4.78 is 5.00. The van der Waals surface area contributed by atoms with Gasteiger partial charge in [-0.15, -0.1) is 0 Å². The second kappa shape index (κ2) is 3.55. The smallest absolute Gasteiger partial charge is 0.318 e. The minimum Gasteiger partial charge on any atom is -0.465 e. The highest BCUT2D eigenvalue weighted by molar-refractivity contribution is 6.02. The Morgan fingerprint density at radius 3 is 2.62 bits per heavy atom. The number of carbonyl (C=O) groups excluding carboxylic acids is 2. The summed E-state index contributed by atoms with van der Waals surface area (Å²) in [6.45, 7) is 6.11. The first-order chi connectivity index (χ1) is 7.40. The lowest BCUT2D eigenvalue weighted by Crippen LogP contribution is -2.61. The highest BCUT2D eigenvalue weighted by Gasteiger charge is 2.61. The van der Waals surface area contributed by atoms with Crippen LogP contribution in [0.3, 0.4) is 0 Å². The third-order valence-electron chi connectivity index (χ3n) is 3.39. The third kappa shape index (κ3) is 1.86. The molecule has 4 nitrogen and oxygen atoms in total. The van der Waals surface area contributed by atoms with Gasteiger partial charge in [0.05, 0.1) is 6.61 Å². The summed E-state index contributed by atoms with van der Waals surface area (Å²) in [5, 5.41) is 3.44. The van der Waals surface area contributed by atoms with E-state index in [0.29, 0.717) is 13.0 Å². The molecule has 0 aromatic heterocycles. The first-order valence-corrected chi connectivity index (χ1v) is 5.89. The van der Waals surface area contributed by atoms with E-state index in [9.17, 15) is 9.59 Å². The molecule has 16 heavy (non-hydrogen) atoms. The Bertz CT molecular complexity index is 331. The van der Waals surface area contributed by atoms with Crippen LogP contribution in [0.15, 0.2) is 0 Å². The van der Waals surface area contributed by atoms with E-state index >= 15 is 0 Å². The van der Waals surface area contributed by atoms with Crippen molar-refractivity contribution in [1.29, 1.82) is 0 Å². The highest BCUT2D eigenvalue weighted by atomic mass is 16.5. The molecule has 1 N–H and O–H groups in total. The molecule has 1 heterocycles. The molecule has 0 amide bonds. The monoisotopic (exact) mass is 225 g/mol. The number of carbonyl (C=O) groups is 2. The van der Waals surface area contributed by atoms with Crippen LogP contribution in [0, 0.1) is 5.92 Å². The fraction of sp³-hybridized carbons (Fsp3) is 0.833. The number of ketones is 1. The van der Waals surface area contributed by atoms with E-state index in [1.165, 1.54) is 0 Å². The number of ether oxygens (including phenoxy) is 1. The summed E-state index contributed by atoms with van der Waals surface area (Å²) in [4.78, 5) is 23.8. The number of hydrogen-bond donors (Lipinski definition) is 1. The van der Waals surface area contributed by atoms with Crippen LogP contribution in [0.5, 0.6) is 0 Å². The van der Waals surface area contributed by atoms with E-state index < -0.39 is 5.92 Å². The Morgan fingerprint density at radius 1 is 1.50 bits per heavy atom. The lowest BCUT2D eigenvalue weighted by atomic mass is 9.79. The largest absolute Gasteiger partial charge is 0.465 e. The molecule has 1 atom stereocenters. The minimum atomic E-state index is -0.583. The van der Waals surface area contributed by atoms with Crippen LogP contribution in [0.1, 0.15) is 40.0 Å². The molecule has 90 valence electrons. The zero-order valence-corrected chi connectivity index (χ0v) is 10.1. The van der Waals surface area contributed by atoms with Crippen molar-refractivity contribution in [2.45, 2.75) is 51.1 Å². The Morgan fingerprint density at radius 2 is 2.12 bits per heavy atom. The maximum atomic E-state index is 12.0. The van der Waals surface area contributed by atoms with Crippen LogP contribution in [-0.4, -0.2) is 29.4 Å². The van der Waals surface area contributed by atoms with E-state index in [0.717, 1.165) is 12.8 Å². The predicted molar refractivity (Wildman–Crippen MR) is 58.9 cm³/mol. The van der Waals surface area contributed by atoms with Crippen molar-refractivity contribution in [3.05, 3.63) is 0 Å². The van der Waals surface area contributed by atoms with Gasteiger partial charge in [-0.05, 0) is 33.6 Å². The van der Waals surface area contributed by atoms with Crippen molar-refractivity contribution in [1.82, 2.24) is 5.32 Å². The predicted octanol–water partition coefficient (Wildman–Crippen LogP) is 1.04. The molecule has 1 saturated carbocycles. The fourth-order valence-corrected chi connectivity index (χ4v) is 2.77. The Labute approximate surface area is 95.7 Å². The minimum absolute atomic E-state index is 0.0275. The number of esters is 1. The average Bonchev–Trinajstić information content (AvgIpc) is 2.81. The molecule has 0 aromatic carbocycles. The molecule has 1 saturated heterocycles. The van der Waals surface area contributed by atoms with Gasteiger partial charge in [-0.25, -0.2) is 0 Å². The van der Waals surface area contributed by atoms with Gasteiger partial charge >= 0.3 is 5.97 Å². The molecule has 0 bridgehead atoms. The second-order valence-electron chi connectivity index (χ2n) is 5.49. The first-order valence-electron chi connectivity index (χ1n) is 5.89. The van der Waals surface area contributed by atoms with E-state index in [-0.39, 0.29) is 22.8 Å². The zero-order chi connectivity index (χ0) is 12.0. The van der Waals surface area contributed by atoms with Crippen molar-refractivity contribution < 1.29 is 14.3 Å². The molecule has 0 aromatic rings. The summed E-state index contributed by atoms with van der Waals surface area (Å²) in [6, 6.07) is 0. The molecule has 1 unspecified atom stereocenters. The Kier molecular flexibility index (Phi) is 2.57. The molecule has 2 aliphatic rings. The number of hydrogen-bond acceptors (Lipinski definition) is 4. The summed E-state index contributed by atoms with van der Waals surface area (Å²) in [6.07, 6.45) is 2.19. The van der Waals surface area contributed by atoms with Crippen molar-refractivity contribution in [2.75, 3.05) is 6.61 Å². The van der Waals surface area contributed by atoms with E-state index in [2.05, 4.69) is 5.32 Å². The summed E-state index contributed by atoms with van der Waals surface area (Å²) >= 11 is 0. The zero-order valence-electron chi connectivity index (χ0n) is 10.1. The highest BCUT2D eigenvalue weighted by Crippen LogP contribution is 2.48. The van der Waals surface area contributed by atoms with Crippen LogP contribution in [0.2, 0.25) is 0 Å². The summed E-state index contributed by atoms with van der Waals surface area (Å²) in [5.41, 5.74) is -0.498. The van der Waals surface area contributed by atoms with E-state index in [4.69, 9.17) is 4.74 Å². The van der Waals surface area contributed by atoms with Gasteiger partial charge in [0.1, 0.15) is 5.92 Å². The van der Waals surface area contributed by atoms with Crippen LogP contribution in [0.4, 0.5) is 0 Å². The van der Waals surface area contributed by atoms with Gasteiger partial charge in [0, 0.05) is 17.5 Å². The van der Waals surface area contributed by atoms with Crippen LogP contribution in [-0.2, 0) is 14.3 Å². The summed E-state index contributed by atoms with van der Waals surface area (Å²) in [7, 11) is 0. The van der Waals surface area contributed by atoms with Gasteiger partial charge in [-0.1, -0.05) is 0 Å². The molecule has 1 aliphatic heterocycles. The van der Waals surface area contributed by atoms with Crippen LogP contribution < -0.4 is 5.32 Å². The van der Waals surface area contributed by atoms with Crippen LogP contribution >= 0.6 is 0 Å². The van der Waals surface area contributed by atoms with Crippen molar-refractivity contribution in [3.63, 3.8) is 0 Å². The Balaban J connectivity index is 2.19. The molecule has 2 fully saturated rings. The first kappa shape index (κ1) is 11.6. The topological polar surface area (TPSA) is 55.4 Å². The fourth-order valence-electron chi connectivity index (χ4n) is 2.77. The third-order valence-corrected chi connectivity index (χ3v) is 3.39. The number of rotatable bonds is 2. The second-order valence-corrected chi connectivity index (χ2v) is 5.49. The lowest BCUT2D eigenvalue weighted by Gasteiger charge is -2.40. The molecule has 2 rings (SSSR count). The van der Waals surface area contributed by atoms with Gasteiger partial charge in [-0.3, -0.25) is 9.59 Å². The van der Waals surface area contributed by atoms with Gasteiger partial charge in [0.15, 0.2) is 5.78 Å². The van der Waals surface area contributed by atoms with Gasteiger partial charge in [0.25, 0.3) is 0 Å². The van der Waals surface area contributed by atoms with E-state index in [1.807, 2.05) is 13.8 Å². The Hall–Kier alpha value is -0.900. The van der Waals surface area contributed by atoms with Gasteiger partial charge < -0.3 is 10.1 Å². The molecular weight excluding hydrogens is 206 g/mol. The normalized spacial score (nSPS) is 30.2. The number of Topliss-reactive ketones (excluding diaryl/α,β-unsaturated/α-hetero) is 1. The maximum Gasteiger partial charge on any atom is 0.318 e. The quantitative estimate of drug-likeness (QED) is 0.563. The standard InChI is InChI=1S/C12H19NO3/c1-4-16-10(15)9-8(14)7-11(2,3)13-12(9)5-6-12/h9,13H,4-7H2,1-3H3. The molecule has 0 radical (unpaired) electrons. The maximum absolute atomic E-state index is 12.0. The SMILES string of the molecule is CCOC(=O)C1C(=O)CC(C)(C)NC12CC2. The molecule has 4 heteroatoms. The molecule has 1 aliphatic carbocycles. The lowest BCUT2D eigenvalue weighted by molar-refractivity contribution is -0.155. The summed E-state index contributed by atoms with van der Waals surface area (Å²) in [5.74, 6) is -0.909. The van der Waals surface area contributed by atoms with E-state index in [1.54, 1.807) is 6.92 Å². The number of nitrogens with one attached hydrogen (secondary N) is 1. The average molecular weight is 225 g/mol. The van der Waals surface area contributed by atoms with Crippen molar-refractivity contribution in [3.8, 4) is 0 Å². The van der Waals surface area contributed by atoms with Crippen molar-refractivity contribution >= 4 is 11.8 Å². The molecule has 1 spiro atoms.